The summed E-state index contributed by atoms with van der Waals surface area (Å²) in [4.78, 5) is 0. The van der Waals surface area contributed by atoms with Crippen molar-refractivity contribution in [3.8, 4) is 0 Å². The third-order valence-corrected chi connectivity index (χ3v) is 4.82. The second kappa shape index (κ2) is 6.30. The molecule has 2 rings (SSSR count). The number of benzene rings is 1. The first-order valence-corrected chi connectivity index (χ1v) is 8.36. The third-order valence-electron chi connectivity index (χ3n) is 4.12. The van der Waals surface area contributed by atoms with E-state index in [-0.39, 0.29) is 11.5 Å². The maximum Gasteiger partial charge on any atom is 0.0508 e. The Morgan fingerprint density at radius 3 is 2.24 bits per heavy atom. The van der Waals surface area contributed by atoms with Gasteiger partial charge in [0.15, 0.2) is 0 Å². The van der Waals surface area contributed by atoms with Crippen LogP contribution in [0.1, 0.15) is 54.6 Å². The van der Waals surface area contributed by atoms with E-state index in [2.05, 4.69) is 69.0 Å². The molecule has 0 radical (unpaired) electrons. The Morgan fingerprint density at radius 2 is 1.81 bits per heavy atom. The zero-order chi connectivity index (χ0) is 15.6. The van der Waals surface area contributed by atoms with Crippen molar-refractivity contribution in [3.05, 3.63) is 56.8 Å². The Hall–Kier alpha value is -1.16. The van der Waals surface area contributed by atoms with E-state index in [1.54, 1.807) is 11.3 Å². The zero-order valence-corrected chi connectivity index (χ0v) is 14.5. The number of hydrogen-bond donors (Lipinski definition) is 2. The van der Waals surface area contributed by atoms with Gasteiger partial charge in [-0.25, -0.2) is 0 Å². The summed E-state index contributed by atoms with van der Waals surface area (Å²) in [5.74, 6) is 5.77. The Labute approximate surface area is 132 Å². The van der Waals surface area contributed by atoms with Gasteiger partial charge in [0.1, 0.15) is 0 Å². The number of hydrazine groups is 1. The number of nitrogens with two attached hydrogens (primary N) is 1. The summed E-state index contributed by atoms with van der Waals surface area (Å²) in [6, 6.07) is 6.96. The summed E-state index contributed by atoms with van der Waals surface area (Å²) in [5.41, 5.74) is 9.92. The highest BCUT2D eigenvalue weighted by Gasteiger charge is 2.18. The van der Waals surface area contributed by atoms with Gasteiger partial charge in [-0.15, -0.1) is 0 Å². The van der Waals surface area contributed by atoms with E-state index in [0.717, 1.165) is 6.42 Å². The summed E-state index contributed by atoms with van der Waals surface area (Å²) in [6.07, 6.45) is 0.926. The lowest BCUT2D eigenvalue weighted by Gasteiger charge is -2.24. The molecule has 1 aromatic carbocycles. The molecule has 2 nitrogen and oxygen atoms in total. The van der Waals surface area contributed by atoms with Gasteiger partial charge in [0.2, 0.25) is 0 Å². The van der Waals surface area contributed by atoms with E-state index in [1.807, 2.05) is 0 Å². The molecule has 0 saturated carbocycles. The minimum atomic E-state index is 0.175. The lowest BCUT2D eigenvalue weighted by atomic mass is 9.82. The first-order chi connectivity index (χ1) is 9.82. The molecule has 0 fully saturated rings. The molecule has 0 aliphatic heterocycles. The molecule has 114 valence electrons. The molecular weight excluding hydrogens is 276 g/mol. The van der Waals surface area contributed by atoms with Crippen LogP contribution in [-0.2, 0) is 11.8 Å². The fourth-order valence-corrected chi connectivity index (χ4v) is 3.41. The summed E-state index contributed by atoms with van der Waals surface area (Å²) in [6.45, 7) is 11.2. The minimum Gasteiger partial charge on any atom is -0.271 e. The lowest BCUT2D eigenvalue weighted by molar-refractivity contribution is 0.549. The molecule has 1 heterocycles. The van der Waals surface area contributed by atoms with Crippen LogP contribution in [0.3, 0.4) is 0 Å². The molecule has 3 heteroatoms. The first kappa shape index (κ1) is 16.2. The Kier molecular flexibility index (Phi) is 4.87. The van der Waals surface area contributed by atoms with Crippen LogP contribution < -0.4 is 11.3 Å². The van der Waals surface area contributed by atoms with Crippen LogP contribution in [0.5, 0.6) is 0 Å². The second-order valence-corrected chi connectivity index (χ2v) is 7.60. The lowest BCUT2D eigenvalue weighted by Crippen LogP contribution is -2.29. The van der Waals surface area contributed by atoms with Gasteiger partial charge in [-0.3, -0.25) is 11.3 Å². The topological polar surface area (TPSA) is 38.0 Å². The van der Waals surface area contributed by atoms with Gasteiger partial charge >= 0.3 is 0 Å². The largest absolute Gasteiger partial charge is 0.271 e. The van der Waals surface area contributed by atoms with Crippen molar-refractivity contribution < 1.29 is 0 Å². The summed E-state index contributed by atoms with van der Waals surface area (Å²) in [5, 5.41) is 4.26. The molecule has 0 spiro atoms. The molecule has 1 atom stereocenters. The molecule has 0 saturated heterocycles. The highest BCUT2D eigenvalue weighted by atomic mass is 32.1. The van der Waals surface area contributed by atoms with Crippen LogP contribution >= 0.6 is 11.3 Å². The maximum absolute atomic E-state index is 5.77. The van der Waals surface area contributed by atoms with Gasteiger partial charge in [0.05, 0.1) is 6.04 Å². The first-order valence-electron chi connectivity index (χ1n) is 7.41. The number of thiophene rings is 1. The molecule has 0 amide bonds. The maximum atomic E-state index is 5.77. The van der Waals surface area contributed by atoms with Crippen LogP contribution in [0.2, 0.25) is 0 Å². The van der Waals surface area contributed by atoms with E-state index in [4.69, 9.17) is 5.84 Å². The van der Waals surface area contributed by atoms with Crippen molar-refractivity contribution in [2.24, 2.45) is 5.84 Å². The average Bonchev–Trinajstić information content (AvgIpc) is 2.90. The molecule has 1 aromatic heterocycles. The highest BCUT2D eigenvalue weighted by Crippen LogP contribution is 2.29. The molecule has 21 heavy (non-hydrogen) atoms. The Bertz CT molecular complexity index is 571. The van der Waals surface area contributed by atoms with Crippen molar-refractivity contribution in [1.82, 2.24) is 5.43 Å². The predicted molar refractivity (Wildman–Crippen MR) is 92.7 cm³/mol. The molecule has 2 aromatic rings. The average molecular weight is 302 g/mol. The fourth-order valence-electron chi connectivity index (χ4n) is 2.70. The predicted octanol–water partition coefficient (Wildman–Crippen LogP) is 4.41. The summed E-state index contributed by atoms with van der Waals surface area (Å²) in [7, 11) is 0. The SMILES string of the molecule is Cc1cc(C(C)(C)C)cc(C)c1CC(NN)c1ccsc1. The van der Waals surface area contributed by atoms with Gasteiger partial charge in [-0.05, 0) is 70.3 Å². The van der Waals surface area contributed by atoms with Gasteiger partial charge in [-0.2, -0.15) is 11.3 Å². The smallest absolute Gasteiger partial charge is 0.0508 e. The van der Waals surface area contributed by atoms with Crippen LogP contribution in [0, 0.1) is 13.8 Å². The fraction of sp³-hybridized carbons (Fsp3) is 0.444. The van der Waals surface area contributed by atoms with E-state index < -0.39 is 0 Å². The van der Waals surface area contributed by atoms with Crippen LogP contribution in [0.15, 0.2) is 29.0 Å². The van der Waals surface area contributed by atoms with Crippen molar-refractivity contribution in [1.29, 1.82) is 0 Å². The van der Waals surface area contributed by atoms with Crippen molar-refractivity contribution >= 4 is 11.3 Å². The monoisotopic (exact) mass is 302 g/mol. The summed E-state index contributed by atoms with van der Waals surface area (Å²) >= 11 is 1.71. The van der Waals surface area contributed by atoms with E-state index in [1.165, 1.54) is 27.8 Å². The highest BCUT2D eigenvalue weighted by molar-refractivity contribution is 7.07. The van der Waals surface area contributed by atoms with Crippen LogP contribution in [0.4, 0.5) is 0 Å². The zero-order valence-electron chi connectivity index (χ0n) is 13.7. The van der Waals surface area contributed by atoms with Gasteiger partial charge < -0.3 is 0 Å². The third kappa shape index (κ3) is 3.73. The molecule has 3 N–H and O–H groups in total. The second-order valence-electron chi connectivity index (χ2n) is 6.82. The van der Waals surface area contributed by atoms with Gasteiger partial charge in [0.25, 0.3) is 0 Å². The Morgan fingerprint density at radius 1 is 1.19 bits per heavy atom. The molecule has 0 bridgehead atoms. The molecular formula is C18H26N2S. The van der Waals surface area contributed by atoms with E-state index in [0.29, 0.717) is 0 Å². The number of rotatable bonds is 4. The van der Waals surface area contributed by atoms with Crippen LogP contribution in [-0.4, -0.2) is 0 Å². The molecule has 0 aliphatic rings. The Balaban J connectivity index is 2.32. The number of hydrogen-bond acceptors (Lipinski definition) is 3. The number of aryl methyl sites for hydroxylation is 2. The van der Waals surface area contributed by atoms with Gasteiger partial charge in [-0.1, -0.05) is 32.9 Å². The summed E-state index contributed by atoms with van der Waals surface area (Å²) < 4.78 is 0. The van der Waals surface area contributed by atoms with Crippen molar-refractivity contribution in [2.45, 2.75) is 52.5 Å². The quantitative estimate of drug-likeness (QED) is 0.648. The van der Waals surface area contributed by atoms with Gasteiger partial charge in [0, 0.05) is 0 Å². The van der Waals surface area contributed by atoms with Crippen molar-refractivity contribution in [3.63, 3.8) is 0 Å². The molecule has 1 unspecified atom stereocenters. The molecule has 0 aliphatic carbocycles. The van der Waals surface area contributed by atoms with Crippen LogP contribution in [0.25, 0.3) is 0 Å². The number of nitrogens with one attached hydrogen (secondary N) is 1. The van der Waals surface area contributed by atoms with Crippen molar-refractivity contribution in [2.75, 3.05) is 0 Å². The van der Waals surface area contributed by atoms with E-state index in [9.17, 15) is 0 Å². The van der Waals surface area contributed by atoms with E-state index >= 15 is 0 Å². The standard InChI is InChI=1S/C18H26N2S/c1-12-8-15(18(3,4)5)9-13(2)16(12)10-17(20-19)14-6-7-21-11-14/h6-9,11,17,20H,10,19H2,1-5H3. The normalized spacial score (nSPS) is 13.4. The minimum absolute atomic E-state index is 0.175.